The first-order chi connectivity index (χ1) is 9.82. The number of hydrogen-bond donors (Lipinski definition) is 0. The molecular weight excluding hydrogens is 270 g/mol. The molecule has 5 nitrogen and oxygen atoms in total. The monoisotopic (exact) mass is 297 g/mol. The predicted molar refractivity (Wildman–Crippen MR) is 78.8 cm³/mol. The highest BCUT2D eigenvalue weighted by atomic mass is 16.7. The van der Waals surface area contributed by atoms with Gasteiger partial charge in [-0.2, -0.15) is 0 Å². The largest absolute Gasteiger partial charge is 0.333 e. The van der Waals surface area contributed by atoms with E-state index in [1.807, 2.05) is 13.8 Å². The molecule has 0 saturated carbocycles. The second-order valence-corrected chi connectivity index (χ2v) is 6.54. The molecule has 1 fully saturated rings. The summed E-state index contributed by atoms with van der Waals surface area (Å²) >= 11 is 0. The van der Waals surface area contributed by atoms with Gasteiger partial charge in [0.25, 0.3) is 11.8 Å². The maximum atomic E-state index is 12.0. The average Bonchev–Trinajstić information content (AvgIpc) is 2.66. The van der Waals surface area contributed by atoms with E-state index in [1.165, 1.54) is 0 Å². The molecule has 1 heterocycles. The third-order valence-corrected chi connectivity index (χ3v) is 3.80. The number of hydroxylamine groups is 2. The fourth-order valence-corrected chi connectivity index (χ4v) is 2.39. The zero-order valence-electron chi connectivity index (χ0n) is 13.6. The van der Waals surface area contributed by atoms with Gasteiger partial charge in [0.1, 0.15) is 0 Å². The minimum absolute atomic E-state index is 0.0705. The van der Waals surface area contributed by atoms with Gasteiger partial charge in [-0.1, -0.05) is 47.0 Å². The van der Waals surface area contributed by atoms with Crippen molar-refractivity contribution in [2.45, 2.75) is 66.2 Å². The topological polar surface area (TPSA) is 63.7 Å². The standard InChI is InChI=1S/C16H27NO4/c1-11(2)8-6-5-7-9-15(19)21-17-14(18)10-13(12(3)4)16(17)20/h11-13H,5-10H2,1-4H3. The summed E-state index contributed by atoms with van der Waals surface area (Å²) in [5.74, 6) is -0.914. The second-order valence-electron chi connectivity index (χ2n) is 6.54. The van der Waals surface area contributed by atoms with Crippen molar-refractivity contribution >= 4 is 17.8 Å². The van der Waals surface area contributed by atoms with Crippen molar-refractivity contribution in [3.63, 3.8) is 0 Å². The summed E-state index contributed by atoms with van der Waals surface area (Å²) in [6.45, 7) is 8.11. The second kappa shape index (κ2) is 8.15. The summed E-state index contributed by atoms with van der Waals surface area (Å²) < 4.78 is 0. The van der Waals surface area contributed by atoms with E-state index in [-0.39, 0.29) is 30.6 Å². The molecule has 1 aliphatic heterocycles. The van der Waals surface area contributed by atoms with Crippen LogP contribution in [-0.2, 0) is 19.2 Å². The molecule has 21 heavy (non-hydrogen) atoms. The Morgan fingerprint density at radius 1 is 1.19 bits per heavy atom. The van der Waals surface area contributed by atoms with Crippen molar-refractivity contribution in [1.29, 1.82) is 0 Å². The number of carbonyl (C=O) groups is 3. The summed E-state index contributed by atoms with van der Waals surface area (Å²) in [5, 5.41) is 0.668. The molecule has 0 radical (unpaired) electrons. The minimum atomic E-state index is -0.495. The lowest BCUT2D eigenvalue weighted by atomic mass is 9.95. The van der Waals surface area contributed by atoms with Crippen molar-refractivity contribution < 1.29 is 19.2 Å². The van der Waals surface area contributed by atoms with Crippen LogP contribution in [0.15, 0.2) is 0 Å². The first-order valence-corrected chi connectivity index (χ1v) is 7.90. The molecule has 0 spiro atoms. The van der Waals surface area contributed by atoms with Crippen LogP contribution in [0.3, 0.4) is 0 Å². The van der Waals surface area contributed by atoms with Crippen LogP contribution in [-0.4, -0.2) is 22.8 Å². The number of unbranched alkanes of at least 4 members (excludes halogenated alkanes) is 2. The Kier molecular flexibility index (Phi) is 6.85. The molecule has 1 atom stereocenters. The zero-order chi connectivity index (χ0) is 16.0. The van der Waals surface area contributed by atoms with Crippen LogP contribution < -0.4 is 0 Å². The molecule has 0 N–H and O–H groups in total. The van der Waals surface area contributed by atoms with Crippen LogP contribution in [0.1, 0.15) is 66.2 Å². The third-order valence-electron chi connectivity index (χ3n) is 3.80. The van der Waals surface area contributed by atoms with Gasteiger partial charge in [0.05, 0.1) is 5.92 Å². The maximum absolute atomic E-state index is 12.0. The molecule has 1 unspecified atom stereocenters. The van der Waals surface area contributed by atoms with E-state index in [0.717, 1.165) is 25.7 Å². The first-order valence-electron chi connectivity index (χ1n) is 7.90. The van der Waals surface area contributed by atoms with Crippen molar-refractivity contribution in [2.75, 3.05) is 0 Å². The van der Waals surface area contributed by atoms with Crippen molar-refractivity contribution in [1.82, 2.24) is 5.06 Å². The molecule has 1 rings (SSSR count). The van der Waals surface area contributed by atoms with Crippen LogP contribution in [0.5, 0.6) is 0 Å². The SMILES string of the molecule is CC(C)CCCCCC(=O)ON1C(=O)CC(C(C)C)C1=O. The summed E-state index contributed by atoms with van der Waals surface area (Å²) in [4.78, 5) is 40.3. The number of carbonyl (C=O) groups excluding carboxylic acids is 3. The number of amides is 2. The van der Waals surface area contributed by atoms with Crippen LogP contribution in [0.2, 0.25) is 0 Å². The first kappa shape index (κ1) is 17.7. The Labute approximate surface area is 127 Å². The number of imide groups is 1. The third kappa shape index (κ3) is 5.48. The molecule has 120 valence electrons. The molecule has 0 aliphatic carbocycles. The Bertz CT molecular complexity index is 390. The Morgan fingerprint density at radius 3 is 2.38 bits per heavy atom. The van der Waals surface area contributed by atoms with E-state index in [2.05, 4.69) is 13.8 Å². The van der Waals surface area contributed by atoms with E-state index >= 15 is 0 Å². The molecule has 1 aliphatic rings. The van der Waals surface area contributed by atoms with Gasteiger partial charge in [-0.05, 0) is 18.3 Å². The fraction of sp³-hybridized carbons (Fsp3) is 0.812. The van der Waals surface area contributed by atoms with E-state index in [1.54, 1.807) is 0 Å². The van der Waals surface area contributed by atoms with E-state index in [9.17, 15) is 14.4 Å². The Morgan fingerprint density at radius 2 is 1.86 bits per heavy atom. The number of hydrogen-bond acceptors (Lipinski definition) is 4. The van der Waals surface area contributed by atoms with Gasteiger partial charge in [0, 0.05) is 12.8 Å². The molecule has 1 saturated heterocycles. The van der Waals surface area contributed by atoms with Crippen LogP contribution >= 0.6 is 0 Å². The summed E-state index contributed by atoms with van der Waals surface area (Å²) in [6, 6.07) is 0. The molecule has 0 aromatic rings. The predicted octanol–water partition coefficient (Wildman–Crippen LogP) is 3.08. The van der Waals surface area contributed by atoms with E-state index in [4.69, 9.17) is 4.84 Å². The van der Waals surface area contributed by atoms with E-state index < -0.39 is 11.9 Å². The van der Waals surface area contributed by atoms with Gasteiger partial charge in [-0.15, -0.1) is 5.06 Å². The van der Waals surface area contributed by atoms with Gasteiger partial charge in [-0.25, -0.2) is 4.79 Å². The molecular formula is C16H27NO4. The van der Waals surface area contributed by atoms with Gasteiger partial charge in [-0.3, -0.25) is 9.59 Å². The lowest BCUT2D eigenvalue weighted by Crippen LogP contribution is -2.34. The molecule has 0 aromatic carbocycles. The lowest BCUT2D eigenvalue weighted by molar-refractivity contribution is -0.198. The van der Waals surface area contributed by atoms with Gasteiger partial charge in [0.2, 0.25) is 0 Å². The van der Waals surface area contributed by atoms with Gasteiger partial charge in [0.15, 0.2) is 0 Å². The highest BCUT2D eigenvalue weighted by molar-refractivity contribution is 6.03. The number of rotatable bonds is 8. The zero-order valence-corrected chi connectivity index (χ0v) is 13.6. The molecule has 5 heteroatoms. The smallest absolute Gasteiger partial charge is 0.330 e. The Hall–Kier alpha value is -1.39. The van der Waals surface area contributed by atoms with Crippen molar-refractivity contribution in [2.24, 2.45) is 17.8 Å². The van der Waals surface area contributed by atoms with E-state index in [0.29, 0.717) is 11.0 Å². The summed E-state index contributed by atoms with van der Waals surface area (Å²) in [7, 11) is 0. The number of nitrogens with zero attached hydrogens (tertiary/aromatic N) is 1. The highest BCUT2D eigenvalue weighted by Gasteiger charge is 2.42. The Balaban J connectivity index is 2.31. The molecule has 0 aromatic heterocycles. The molecule has 2 amide bonds. The molecule has 0 bridgehead atoms. The fourth-order valence-electron chi connectivity index (χ4n) is 2.39. The van der Waals surface area contributed by atoms with Gasteiger partial charge >= 0.3 is 5.97 Å². The minimum Gasteiger partial charge on any atom is -0.330 e. The maximum Gasteiger partial charge on any atom is 0.333 e. The van der Waals surface area contributed by atoms with Crippen LogP contribution in [0.25, 0.3) is 0 Å². The van der Waals surface area contributed by atoms with Gasteiger partial charge < -0.3 is 4.84 Å². The van der Waals surface area contributed by atoms with Crippen molar-refractivity contribution in [3.8, 4) is 0 Å². The average molecular weight is 297 g/mol. The normalized spacial score (nSPS) is 19.0. The van der Waals surface area contributed by atoms with Crippen molar-refractivity contribution in [3.05, 3.63) is 0 Å². The van der Waals surface area contributed by atoms with Crippen LogP contribution in [0, 0.1) is 17.8 Å². The highest BCUT2D eigenvalue weighted by Crippen LogP contribution is 2.26. The summed E-state index contributed by atoms with van der Waals surface area (Å²) in [6.07, 6.45) is 4.31. The quantitative estimate of drug-likeness (QED) is 0.510. The summed E-state index contributed by atoms with van der Waals surface area (Å²) in [5.41, 5.74) is 0. The van der Waals surface area contributed by atoms with Crippen LogP contribution in [0.4, 0.5) is 0 Å². The lowest BCUT2D eigenvalue weighted by Gasteiger charge is -2.15.